The number of rotatable bonds is 2. The average Bonchev–Trinajstić information content (AvgIpc) is 3.34. The number of furan rings is 1. The summed E-state index contributed by atoms with van der Waals surface area (Å²) in [5, 5.41) is 7.29. The van der Waals surface area contributed by atoms with Gasteiger partial charge in [-0.2, -0.15) is 18.2 Å². The van der Waals surface area contributed by atoms with Crippen LogP contribution >= 0.6 is 0 Å². The summed E-state index contributed by atoms with van der Waals surface area (Å²) in [7, 11) is 0. The standard InChI is InChI=1S/C20H16F3N5O2/c21-20(22,23)12-5-3-10(4-6-12)17-16-13(25-19-26-18(24)27-28(17)19)8-11(9-14(16)29)15-2-1-7-30-15/h1-7,11,17H,8-9H2,(H3,24,25,26,27)/t11-,17+/m0/s1. The maximum absolute atomic E-state index is 13.1. The monoisotopic (exact) mass is 415 g/mol. The molecule has 0 saturated heterocycles. The molecule has 0 saturated carbocycles. The molecular formula is C20H16F3N5O2. The Labute approximate surface area is 168 Å². The fourth-order valence-electron chi connectivity index (χ4n) is 4.12. The molecule has 0 bridgehead atoms. The molecule has 2 aliphatic rings. The van der Waals surface area contributed by atoms with Crippen LogP contribution in [-0.4, -0.2) is 20.5 Å². The second kappa shape index (κ2) is 6.48. The molecule has 10 heteroatoms. The summed E-state index contributed by atoms with van der Waals surface area (Å²) in [5.74, 6) is 0.774. The molecule has 30 heavy (non-hydrogen) atoms. The molecule has 5 rings (SSSR count). The number of fused-ring (bicyclic) bond motifs is 1. The van der Waals surface area contributed by atoms with E-state index < -0.39 is 17.8 Å². The highest BCUT2D eigenvalue weighted by Crippen LogP contribution is 2.44. The van der Waals surface area contributed by atoms with Crippen molar-refractivity contribution in [2.24, 2.45) is 0 Å². The van der Waals surface area contributed by atoms with Gasteiger partial charge in [0, 0.05) is 23.6 Å². The highest BCUT2D eigenvalue weighted by atomic mass is 19.4. The number of hydrogen-bond acceptors (Lipinski definition) is 6. The molecule has 2 aromatic heterocycles. The molecule has 0 amide bonds. The van der Waals surface area contributed by atoms with Crippen LogP contribution < -0.4 is 11.1 Å². The number of carbonyl (C=O) groups is 1. The fraction of sp³-hybridized carbons (Fsp3) is 0.250. The number of nitrogens with one attached hydrogen (secondary N) is 1. The lowest BCUT2D eigenvalue weighted by Gasteiger charge is -2.34. The van der Waals surface area contributed by atoms with Gasteiger partial charge in [0.05, 0.1) is 11.8 Å². The molecule has 7 nitrogen and oxygen atoms in total. The van der Waals surface area contributed by atoms with Crippen molar-refractivity contribution in [3.8, 4) is 0 Å². The zero-order valence-electron chi connectivity index (χ0n) is 15.5. The molecule has 3 heterocycles. The zero-order valence-corrected chi connectivity index (χ0v) is 15.5. The quantitative estimate of drug-likeness (QED) is 0.659. The smallest absolute Gasteiger partial charge is 0.416 e. The predicted molar refractivity (Wildman–Crippen MR) is 100 cm³/mol. The number of aromatic nitrogens is 3. The molecule has 0 spiro atoms. The predicted octanol–water partition coefficient (Wildman–Crippen LogP) is 3.89. The van der Waals surface area contributed by atoms with E-state index in [1.165, 1.54) is 16.8 Å². The zero-order chi connectivity index (χ0) is 21.0. The lowest BCUT2D eigenvalue weighted by atomic mass is 9.79. The van der Waals surface area contributed by atoms with Crippen LogP contribution in [0.2, 0.25) is 0 Å². The van der Waals surface area contributed by atoms with Crippen LogP contribution in [0.5, 0.6) is 0 Å². The van der Waals surface area contributed by atoms with Crippen LogP contribution in [0, 0.1) is 0 Å². The van der Waals surface area contributed by atoms with Crippen molar-refractivity contribution >= 4 is 17.7 Å². The van der Waals surface area contributed by atoms with Gasteiger partial charge in [0.1, 0.15) is 11.8 Å². The maximum Gasteiger partial charge on any atom is 0.416 e. The van der Waals surface area contributed by atoms with Crippen molar-refractivity contribution < 1.29 is 22.4 Å². The Morgan fingerprint density at radius 2 is 1.93 bits per heavy atom. The summed E-state index contributed by atoms with van der Waals surface area (Å²) >= 11 is 0. The van der Waals surface area contributed by atoms with E-state index in [0.29, 0.717) is 35.0 Å². The summed E-state index contributed by atoms with van der Waals surface area (Å²) in [5.41, 5.74) is 6.59. The number of anilines is 2. The van der Waals surface area contributed by atoms with Gasteiger partial charge in [-0.15, -0.1) is 5.10 Å². The van der Waals surface area contributed by atoms with Crippen LogP contribution in [0.4, 0.5) is 25.1 Å². The summed E-state index contributed by atoms with van der Waals surface area (Å²) < 4.78 is 45.9. The molecule has 0 fully saturated rings. The number of carbonyl (C=O) groups excluding carboxylic acids is 1. The van der Waals surface area contributed by atoms with Crippen molar-refractivity contribution in [3.63, 3.8) is 0 Å². The molecular weight excluding hydrogens is 399 g/mol. The Balaban J connectivity index is 1.60. The Morgan fingerprint density at radius 1 is 1.17 bits per heavy atom. The number of nitrogens with two attached hydrogens (primary N) is 1. The van der Waals surface area contributed by atoms with Crippen molar-refractivity contribution in [1.82, 2.24) is 14.8 Å². The first-order chi connectivity index (χ1) is 14.3. The molecule has 3 aromatic rings. The number of nitrogen functional groups attached to an aromatic ring is 1. The number of Topliss-reactive ketones (excluding diaryl/α,β-unsaturated/α-hetero) is 1. The van der Waals surface area contributed by atoms with E-state index in [4.69, 9.17) is 10.2 Å². The number of benzene rings is 1. The lowest BCUT2D eigenvalue weighted by Crippen LogP contribution is -2.33. The van der Waals surface area contributed by atoms with Gasteiger partial charge in [-0.05, 0) is 36.2 Å². The number of alkyl halides is 3. The number of allylic oxidation sites excluding steroid dienone is 2. The summed E-state index contributed by atoms with van der Waals surface area (Å²) in [4.78, 5) is 17.3. The minimum absolute atomic E-state index is 0.00397. The SMILES string of the molecule is Nc1nc2n(n1)[C@H](c1ccc(C(F)(F)F)cc1)C1=C(C[C@H](c3ccco3)CC1=O)N2. The molecule has 1 aliphatic carbocycles. The van der Waals surface area contributed by atoms with Gasteiger partial charge in [-0.25, -0.2) is 4.68 Å². The van der Waals surface area contributed by atoms with Gasteiger partial charge in [0.25, 0.3) is 0 Å². The van der Waals surface area contributed by atoms with Crippen LogP contribution in [0.25, 0.3) is 0 Å². The summed E-state index contributed by atoms with van der Waals surface area (Å²) in [6.45, 7) is 0. The third kappa shape index (κ3) is 2.95. The molecule has 0 radical (unpaired) electrons. The summed E-state index contributed by atoms with van der Waals surface area (Å²) in [6, 6.07) is 7.58. The van der Waals surface area contributed by atoms with Gasteiger partial charge in [0.15, 0.2) is 5.78 Å². The van der Waals surface area contributed by atoms with Crippen LogP contribution in [0.1, 0.15) is 41.7 Å². The highest BCUT2D eigenvalue weighted by molar-refractivity contribution is 6.00. The molecule has 1 aromatic carbocycles. The third-order valence-electron chi connectivity index (χ3n) is 5.44. The third-order valence-corrected chi connectivity index (χ3v) is 5.44. The van der Waals surface area contributed by atoms with Crippen LogP contribution in [0.15, 0.2) is 58.3 Å². The van der Waals surface area contributed by atoms with Gasteiger partial charge < -0.3 is 15.5 Å². The molecule has 0 unspecified atom stereocenters. The first-order valence-electron chi connectivity index (χ1n) is 9.27. The number of hydrogen-bond donors (Lipinski definition) is 2. The van der Waals surface area contributed by atoms with E-state index in [9.17, 15) is 18.0 Å². The van der Waals surface area contributed by atoms with Crippen LogP contribution in [-0.2, 0) is 11.0 Å². The largest absolute Gasteiger partial charge is 0.469 e. The van der Waals surface area contributed by atoms with E-state index in [1.807, 2.05) is 6.07 Å². The van der Waals surface area contributed by atoms with E-state index in [0.717, 1.165) is 12.1 Å². The van der Waals surface area contributed by atoms with Gasteiger partial charge in [-0.3, -0.25) is 4.79 Å². The number of halogens is 3. The molecule has 154 valence electrons. The Hall–Kier alpha value is -3.56. The highest BCUT2D eigenvalue weighted by Gasteiger charge is 2.40. The lowest BCUT2D eigenvalue weighted by molar-refractivity contribution is -0.137. The van der Waals surface area contributed by atoms with Crippen LogP contribution in [0.3, 0.4) is 0 Å². The second-order valence-corrected chi connectivity index (χ2v) is 7.32. The van der Waals surface area contributed by atoms with Crippen molar-refractivity contribution in [2.75, 3.05) is 11.1 Å². The normalized spacial score (nSPS) is 21.2. The van der Waals surface area contributed by atoms with Gasteiger partial charge in [-0.1, -0.05) is 12.1 Å². The molecule has 2 atom stereocenters. The summed E-state index contributed by atoms with van der Waals surface area (Å²) in [6.07, 6.45) is -2.17. The first kappa shape index (κ1) is 18.5. The Morgan fingerprint density at radius 3 is 2.60 bits per heavy atom. The van der Waals surface area contributed by atoms with Crippen molar-refractivity contribution in [1.29, 1.82) is 0 Å². The maximum atomic E-state index is 13.1. The Kier molecular flexibility index (Phi) is 3.99. The van der Waals surface area contributed by atoms with Gasteiger partial charge >= 0.3 is 6.18 Å². The van der Waals surface area contributed by atoms with E-state index in [1.54, 1.807) is 12.3 Å². The topological polar surface area (TPSA) is 99.0 Å². The average molecular weight is 415 g/mol. The molecule has 1 aliphatic heterocycles. The van der Waals surface area contributed by atoms with E-state index in [-0.39, 0.29) is 24.1 Å². The Bertz CT molecular complexity index is 1150. The van der Waals surface area contributed by atoms with Gasteiger partial charge in [0.2, 0.25) is 11.9 Å². The van der Waals surface area contributed by atoms with Crippen molar-refractivity contribution in [3.05, 3.63) is 70.8 Å². The second-order valence-electron chi connectivity index (χ2n) is 7.32. The van der Waals surface area contributed by atoms with Crippen molar-refractivity contribution in [2.45, 2.75) is 31.0 Å². The minimum atomic E-state index is -4.45. The number of ketones is 1. The van der Waals surface area contributed by atoms with E-state index in [2.05, 4.69) is 15.4 Å². The fourth-order valence-corrected chi connectivity index (χ4v) is 4.12. The van der Waals surface area contributed by atoms with E-state index >= 15 is 0 Å². The minimum Gasteiger partial charge on any atom is -0.469 e. The number of nitrogens with zero attached hydrogens (tertiary/aromatic N) is 3. The molecule has 3 N–H and O–H groups in total. The first-order valence-corrected chi connectivity index (χ1v) is 9.27.